The highest BCUT2D eigenvalue weighted by molar-refractivity contribution is 9.10. The summed E-state index contributed by atoms with van der Waals surface area (Å²) in [5.74, 6) is 0.330. The zero-order valence-corrected chi connectivity index (χ0v) is 15.9. The Bertz CT molecular complexity index is 833. The Morgan fingerprint density at radius 3 is 2.76 bits per heavy atom. The molecule has 0 bridgehead atoms. The van der Waals surface area contributed by atoms with Crippen molar-refractivity contribution in [3.8, 4) is 11.8 Å². The van der Waals surface area contributed by atoms with E-state index in [9.17, 15) is 4.79 Å². The van der Waals surface area contributed by atoms with Gasteiger partial charge in [-0.2, -0.15) is 5.26 Å². The molecule has 0 aliphatic heterocycles. The number of halogens is 1. The zero-order valence-electron chi connectivity index (χ0n) is 13.5. The molecule has 0 radical (unpaired) electrons. The van der Waals surface area contributed by atoms with E-state index in [1.54, 1.807) is 42.5 Å². The summed E-state index contributed by atoms with van der Waals surface area (Å²) in [6.45, 7) is 2.63. The molecule has 0 spiro atoms. The molecule has 25 heavy (non-hydrogen) atoms. The van der Waals surface area contributed by atoms with E-state index < -0.39 is 0 Å². The summed E-state index contributed by atoms with van der Waals surface area (Å²) in [5, 5.41) is 14.6. The fourth-order valence-electron chi connectivity index (χ4n) is 1.99. The smallest absolute Gasteiger partial charge is 0.257 e. The summed E-state index contributed by atoms with van der Waals surface area (Å²) in [6, 6.07) is 14.0. The first kappa shape index (κ1) is 18.9. The van der Waals surface area contributed by atoms with Gasteiger partial charge in [0.05, 0.1) is 22.3 Å². The molecule has 2 rings (SSSR count). The molecule has 0 fully saturated rings. The number of carbonyl (C=O) groups excluding carboxylic acids is 1. The number of benzene rings is 2. The van der Waals surface area contributed by atoms with Crippen LogP contribution in [0, 0.1) is 11.3 Å². The maximum Gasteiger partial charge on any atom is 0.257 e. The Hall–Kier alpha value is -2.43. The molecule has 0 heterocycles. The molecule has 7 heteroatoms. The molecule has 0 aromatic heterocycles. The fraction of sp³-hybridized carbons (Fsp3) is 0.167. The number of nitrogens with zero attached hydrogens (tertiary/aromatic N) is 1. The lowest BCUT2D eigenvalue weighted by molar-refractivity contribution is 0.0977. The molecule has 128 valence electrons. The quantitative estimate of drug-likeness (QED) is 0.711. The van der Waals surface area contributed by atoms with Crippen molar-refractivity contribution in [2.75, 3.05) is 11.9 Å². The average Bonchev–Trinajstić information content (AvgIpc) is 2.61. The number of carbonyl (C=O) groups is 1. The van der Waals surface area contributed by atoms with Crippen LogP contribution in [0.1, 0.15) is 29.3 Å². The van der Waals surface area contributed by atoms with Gasteiger partial charge in [0.2, 0.25) is 0 Å². The minimum absolute atomic E-state index is 0.120. The third-order valence-electron chi connectivity index (χ3n) is 3.18. The largest absolute Gasteiger partial charge is 0.492 e. The van der Waals surface area contributed by atoms with Gasteiger partial charge in [0, 0.05) is 5.56 Å². The van der Waals surface area contributed by atoms with E-state index in [0.717, 1.165) is 6.42 Å². The van der Waals surface area contributed by atoms with Crippen molar-refractivity contribution >= 4 is 44.9 Å². The Kier molecular flexibility index (Phi) is 6.92. The summed E-state index contributed by atoms with van der Waals surface area (Å²) in [5.41, 5.74) is 1.42. The number of nitriles is 1. The molecule has 0 atom stereocenters. The van der Waals surface area contributed by atoms with Gasteiger partial charge in [-0.05, 0) is 64.9 Å². The van der Waals surface area contributed by atoms with Crippen LogP contribution in [0.5, 0.6) is 5.75 Å². The molecule has 2 N–H and O–H groups in total. The number of nitrogens with one attached hydrogen (secondary N) is 2. The van der Waals surface area contributed by atoms with Crippen LogP contribution in [-0.2, 0) is 0 Å². The van der Waals surface area contributed by atoms with Crippen molar-refractivity contribution < 1.29 is 9.53 Å². The maximum atomic E-state index is 12.3. The number of amides is 1. The van der Waals surface area contributed by atoms with E-state index >= 15 is 0 Å². The van der Waals surface area contributed by atoms with Crippen LogP contribution in [-0.4, -0.2) is 17.6 Å². The topological polar surface area (TPSA) is 74.2 Å². The number of anilines is 1. The Labute approximate surface area is 160 Å². The third-order valence-corrected chi connectivity index (χ3v) is 4.00. The van der Waals surface area contributed by atoms with E-state index in [4.69, 9.17) is 22.2 Å². The van der Waals surface area contributed by atoms with Crippen LogP contribution >= 0.6 is 28.1 Å². The van der Waals surface area contributed by atoms with E-state index in [1.807, 2.05) is 6.92 Å². The molecule has 0 aliphatic rings. The van der Waals surface area contributed by atoms with Gasteiger partial charge < -0.3 is 10.1 Å². The van der Waals surface area contributed by atoms with Crippen molar-refractivity contribution in [2.24, 2.45) is 0 Å². The summed E-state index contributed by atoms with van der Waals surface area (Å²) in [6.07, 6.45) is 0.902. The monoisotopic (exact) mass is 417 g/mol. The van der Waals surface area contributed by atoms with Crippen LogP contribution < -0.4 is 15.4 Å². The molecule has 0 saturated carbocycles. The van der Waals surface area contributed by atoms with E-state index in [2.05, 4.69) is 32.6 Å². The van der Waals surface area contributed by atoms with Gasteiger partial charge in [0.25, 0.3) is 5.91 Å². The molecule has 0 saturated heterocycles. The summed E-state index contributed by atoms with van der Waals surface area (Å²) < 4.78 is 6.26. The number of hydrogen-bond acceptors (Lipinski definition) is 4. The van der Waals surface area contributed by atoms with Gasteiger partial charge in [-0.25, -0.2) is 0 Å². The summed E-state index contributed by atoms with van der Waals surface area (Å²) in [4.78, 5) is 12.3. The second-order valence-electron chi connectivity index (χ2n) is 5.06. The van der Waals surface area contributed by atoms with Gasteiger partial charge in [-0.3, -0.25) is 10.1 Å². The van der Waals surface area contributed by atoms with Crippen LogP contribution in [0.3, 0.4) is 0 Å². The fourth-order valence-corrected chi connectivity index (χ4v) is 2.69. The number of ether oxygens (including phenoxy) is 1. The third kappa shape index (κ3) is 5.28. The van der Waals surface area contributed by atoms with E-state index in [0.29, 0.717) is 33.6 Å². The molecule has 0 unspecified atom stereocenters. The second-order valence-corrected chi connectivity index (χ2v) is 6.32. The number of thiocarbonyl (C=S) groups is 1. The highest BCUT2D eigenvalue weighted by atomic mass is 79.9. The van der Waals surface area contributed by atoms with Crippen molar-refractivity contribution in [3.05, 3.63) is 58.1 Å². The van der Waals surface area contributed by atoms with Crippen LogP contribution in [0.15, 0.2) is 46.9 Å². The van der Waals surface area contributed by atoms with Crippen molar-refractivity contribution in [2.45, 2.75) is 13.3 Å². The lowest BCUT2D eigenvalue weighted by Gasteiger charge is -2.12. The van der Waals surface area contributed by atoms with Crippen molar-refractivity contribution in [1.82, 2.24) is 5.32 Å². The molecule has 2 aromatic carbocycles. The van der Waals surface area contributed by atoms with Gasteiger partial charge in [0.15, 0.2) is 5.11 Å². The molecule has 5 nitrogen and oxygen atoms in total. The Morgan fingerprint density at radius 1 is 1.32 bits per heavy atom. The average molecular weight is 418 g/mol. The highest BCUT2D eigenvalue weighted by Crippen LogP contribution is 2.26. The molecule has 1 amide bonds. The first-order valence-electron chi connectivity index (χ1n) is 7.59. The normalized spacial score (nSPS) is 9.80. The van der Waals surface area contributed by atoms with E-state index in [-0.39, 0.29) is 11.0 Å². The van der Waals surface area contributed by atoms with Crippen molar-refractivity contribution in [1.29, 1.82) is 5.26 Å². The maximum absolute atomic E-state index is 12.3. The lowest BCUT2D eigenvalue weighted by atomic mass is 10.2. The standard InChI is InChI=1S/C18H16BrN3O2S/c1-2-9-24-16-8-7-12(10-14(16)19)17(23)22-18(25)21-15-6-4-3-5-13(15)11-20/h3-8,10H,2,9H2,1H3,(H2,21,22,23,25). The van der Waals surface area contributed by atoms with Gasteiger partial charge in [-0.1, -0.05) is 19.1 Å². The van der Waals surface area contributed by atoms with E-state index in [1.165, 1.54) is 0 Å². The molecule has 0 aliphatic carbocycles. The number of rotatable bonds is 5. The van der Waals surface area contributed by atoms with Crippen LogP contribution in [0.4, 0.5) is 5.69 Å². The summed E-state index contributed by atoms with van der Waals surface area (Å²) in [7, 11) is 0. The number of para-hydroxylation sites is 1. The first-order chi connectivity index (χ1) is 12.0. The molecular formula is C18H16BrN3O2S. The van der Waals surface area contributed by atoms with Crippen LogP contribution in [0.2, 0.25) is 0 Å². The second kappa shape index (κ2) is 9.16. The van der Waals surface area contributed by atoms with Gasteiger partial charge >= 0.3 is 0 Å². The predicted molar refractivity (Wildman–Crippen MR) is 105 cm³/mol. The Balaban J connectivity index is 2.03. The van der Waals surface area contributed by atoms with Crippen LogP contribution in [0.25, 0.3) is 0 Å². The zero-order chi connectivity index (χ0) is 18.2. The number of hydrogen-bond donors (Lipinski definition) is 2. The minimum Gasteiger partial charge on any atom is -0.492 e. The highest BCUT2D eigenvalue weighted by Gasteiger charge is 2.12. The molecule has 2 aromatic rings. The summed E-state index contributed by atoms with van der Waals surface area (Å²) >= 11 is 8.54. The molecular weight excluding hydrogens is 402 g/mol. The first-order valence-corrected chi connectivity index (χ1v) is 8.79. The van der Waals surface area contributed by atoms with Crippen molar-refractivity contribution in [3.63, 3.8) is 0 Å². The predicted octanol–water partition coefficient (Wildman–Crippen LogP) is 4.24. The SMILES string of the molecule is CCCOc1ccc(C(=O)NC(=S)Nc2ccccc2C#N)cc1Br. The minimum atomic E-state index is -0.352. The van der Waals surface area contributed by atoms with Gasteiger partial charge in [-0.15, -0.1) is 0 Å². The Morgan fingerprint density at radius 2 is 2.08 bits per heavy atom. The lowest BCUT2D eigenvalue weighted by Crippen LogP contribution is -2.34. The van der Waals surface area contributed by atoms with Gasteiger partial charge in [0.1, 0.15) is 11.8 Å².